The SMILES string of the molecule is COc1ccc(CN2C[C@H]3CC(c4ccnc5ccccc45)N4C(=O)N(CCN5CCOCC5)C(=O)[C@@]34C2)cc1O. The van der Waals surface area contributed by atoms with Crippen molar-refractivity contribution in [2.24, 2.45) is 5.92 Å². The number of methoxy groups -OCH3 is 1. The molecule has 4 aliphatic rings. The number of urea groups is 1. The highest BCUT2D eigenvalue weighted by atomic mass is 16.5. The zero-order chi connectivity index (χ0) is 28.1. The van der Waals surface area contributed by atoms with Crippen LogP contribution in [0.2, 0.25) is 0 Å². The number of fused-ring (bicyclic) bond motifs is 1. The molecule has 4 saturated heterocycles. The predicted molar refractivity (Wildman–Crippen MR) is 151 cm³/mol. The molecule has 0 aliphatic carbocycles. The van der Waals surface area contributed by atoms with Crippen LogP contribution in [0.25, 0.3) is 10.9 Å². The molecular weight excluding hydrogens is 522 g/mol. The summed E-state index contributed by atoms with van der Waals surface area (Å²) < 4.78 is 10.7. The zero-order valence-electron chi connectivity index (χ0n) is 23.2. The van der Waals surface area contributed by atoms with Gasteiger partial charge in [-0.1, -0.05) is 24.3 Å². The minimum atomic E-state index is -0.911. The van der Waals surface area contributed by atoms with Gasteiger partial charge in [0.15, 0.2) is 11.5 Å². The van der Waals surface area contributed by atoms with Crippen molar-refractivity contribution in [3.63, 3.8) is 0 Å². The first-order valence-electron chi connectivity index (χ1n) is 14.4. The molecule has 7 rings (SSSR count). The number of amides is 3. The third-order valence-corrected chi connectivity index (χ3v) is 9.36. The van der Waals surface area contributed by atoms with Gasteiger partial charge in [-0.05, 0) is 41.8 Å². The standard InChI is InChI=1S/C31H35N5O5/c1-40-28-7-6-21(16-27(28)37)18-34-19-22-17-26(24-8-9-32-25-5-3-2-4-23(24)25)36-30(39)35(29(38)31(22,36)20-34)11-10-33-12-14-41-15-13-33/h2-9,16,22,26,37H,10-15,17-20H2,1H3/t22-,26?,31-/m1/s1. The summed E-state index contributed by atoms with van der Waals surface area (Å²) in [5.74, 6) is 0.435. The number of phenols is 1. The number of carbonyl (C=O) groups is 2. The smallest absolute Gasteiger partial charge is 0.328 e. The number of hydrogen-bond acceptors (Lipinski definition) is 8. The van der Waals surface area contributed by atoms with Crippen molar-refractivity contribution in [3.8, 4) is 11.5 Å². The predicted octanol–water partition coefficient (Wildman–Crippen LogP) is 2.86. The van der Waals surface area contributed by atoms with Crippen LogP contribution in [0.15, 0.2) is 54.7 Å². The molecule has 10 nitrogen and oxygen atoms in total. The molecule has 0 saturated carbocycles. The summed E-state index contributed by atoms with van der Waals surface area (Å²) >= 11 is 0. The molecule has 0 radical (unpaired) electrons. The Morgan fingerprint density at radius 2 is 1.90 bits per heavy atom. The van der Waals surface area contributed by atoms with Crippen molar-refractivity contribution in [2.45, 2.75) is 24.5 Å². The zero-order valence-corrected chi connectivity index (χ0v) is 23.2. The van der Waals surface area contributed by atoms with Gasteiger partial charge in [0.1, 0.15) is 5.54 Å². The lowest BCUT2D eigenvalue weighted by atomic mass is 9.87. The lowest BCUT2D eigenvalue weighted by Gasteiger charge is -2.32. The van der Waals surface area contributed by atoms with E-state index in [4.69, 9.17) is 9.47 Å². The monoisotopic (exact) mass is 557 g/mol. The van der Waals surface area contributed by atoms with Crippen LogP contribution < -0.4 is 4.74 Å². The molecule has 10 heteroatoms. The fourth-order valence-corrected chi connectivity index (χ4v) is 7.44. The van der Waals surface area contributed by atoms with Gasteiger partial charge in [0.2, 0.25) is 0 Å². The number of aromatic hydroxyl groups is 1. The van der Waals surface area contributed by atoms with E-state index in [0.717, 1.165) is 35.1 Å². The number of likely N-dealkylation sites (tertiary alicyclic amines) is 1. The summed E-state index contributed by atoms with van der Waals surface area (Å²) in [4.78, 5) is 41.0. The molecule has 1 N–H and O–H groups in total. The summed E-state index contributed by atoms with van der Waals surface area (Å²) in [5, 5.41) is 11.3. The van der Waals surface area contributed by atoms with Gasteiger partial charge >= 0.3 is 6.03 Å². The van der Waals surface area contributed by atoms with Crippen LogP contribution in [0.4, 0.5) is 4.79 Å². The molecule has 1 aromatic heterocycles. The second-order valence-corrected chi connectivity index (χ2v) is 11.5. The Kier molecular flexibility index (Phi) is 6.56. The number of rotatable bonds is 7. The summed E-state index contributed by atoms with van der Waals surface area (Å²) in [6.07, 6.45) is 2.52. The Morgan fingerprint density at radius 1 is 1.07 bits per heavy atom. The van der Waals surface area contributed by atoms with E-state index in [2.05, 4.69) is 20.9 Å². The van der Waals surface area contributed by atoms with Crippen molar-refractivity contribution in [1.82, 2.24) is 24.6 Å². The first-order chi connectivity index (χ1) is 20.0. The van der Waals surface area contributed by atoms with Crippen molar-refractivity contribution in [2.75, 3.05) is 59.6 Å². The number of aromatic nitrogens is 1. The van der Waals surface area contributed by atoms with E-state index in [0.29, 0.717) is 58.1 Å². The van der Waals surface area contributed by atoms with Crippen molar-refractivity contribution >= 4 is 22.8 Å². The molecule has 3 amide bonds. The largest absolute Gasteiger partial charge is 0.504 e. The van der Waals surface area contributed by atoms with Gasteiger partial charge in [0.25, 0.3) is 5.91 Å². The number of hydrogen-bond donors (Lipinski definition) is 1. The summed E-state index contributed by atoms with van der Waals surface area (Å²) in [7, 11) is 1.53. The van der Waals surface area contributed by atoms with E-state index in [1.54, 1.807) is 18.3 Å². The lowest BCUT2D eigenvalue weighted by Crippen LogP contribution is -2.51. The average Bonchev–Trinajstić information content (AvgIpc) is 3.56. The van der Waals surface area contributed by atoms with E-state index in [1.807, 2.05) is 35.2 Å². The average molecular weight is 558 g/mol. The third kappa shape index (κ3) is 4.24. The molecule has 1 spiro atoms. The number of morpholine rings is 1. The van der Waals surface area contributed by atoms with Crippen LogP contribution in [0.1, 0.15) is 23.6 Å². The van der Waals surface area contributed by atoms with Gasteiger partial charge in [0.05, 0.1) is 31.9 Å². The quantitative estimate of drug-likeness (QED) is 0.443. The Labute approximate surface area is 239 Å². The Morgan fingerprint density at radius 3 is 2.71 bits per heavy atom. The normalized spacial score (nSPS) is 26.7. The highest BCUT2D eigenvalue weighted by molar-refractivity contribution is 6.08. The van der Waals surface area contributed by atoms with Crippen LogP contribution in [-0.4, -0.2) is 107 Å². The molecule has 3 aromatic rings. The van der Waals surface area contributed by atoms with Crippen LogP contribution in [-0.2, 0) is 16.1 Å². The van der Waals surface area contributed by atoms with Crippen LogP contribution in [0.5, 0.6) is 11.5 Å². The maximum absolute atomic E-state index is 14.4. The number of para-hydroxylation sites is 1. The van der Waals surface area contributed by atoms with Gasteiger partial charge in [-0.25, -0.2) is 4.79 Å². The highest BCUT2D eigenvalue weighted by Gasteiger charge is 2.70. The molecule has 2 aromatic carbocycles. The highest BCUT2D eigenvalue weighted by Crippen LogP contribution is 2.55. The van der Waals surface area contributed by atoms with E-state index in [1.165, 1.54) is 12.0 Å². The number of nitrogens with zero attached hydrogens (tertiary/aromatic N) is 5. The molecule has 1 unspecified atom stereocenters. The topological polar surface area (TPSA) is 98.7 Å². The number of pyridine rings is 1. The fraction of sp³-hybridized carbons (Fsp3) is 0.452. The van der Waals surface area contributed by atoms with Crippen molar-refractivity contribution in [1.29, 1.82) is 0 Å². The van der Waals surface area contributed by atoms with E-state index < -0.39 is 5.54 Å². The Bertz CT molecular complexity index is 1490. The molecule has 214 valence electrons. The molecule has 4 aliphatic heterocycles. The fourth-order valence-electron chi connectivity index (χ4n) is 7.44. The minimum Gasteiger partial charge on any atom is -0.504 e. The molecule has 3 atom stereocenters. The first kappa shape index (κ1) is 26.2. The second-order valence-electron chi connectivity index (χ2n) is 11.5. The van der Waals surface area contributed by atoms with Gasteiger partial charge in [-0.15, -0.1) is 0 Å². The van der Waals surface area contributed by atoms with E-state index in [9.17, 15) is 14.7 Å². The van der Waals surface area contributed by atoms with E-state index in [-0.39, 0.29) is 29.6 Å². The Balaban J connectivity index is 1.21. The molecular formula is C31H35N5O5. The minimum absolute atomic E-state index is 0.00360. The summed E-state index contributed by atoms with van der Waals surface area (Å²) in [6, 6.07) is 15.0. The number of phenolic OH excluding ortho intramolecular Hbond substituents is 1. The number of imide groups is 1. The second kappa shape index (κ2) is 10.3. The first-order valence-corrected chi connectivity index (χ1v) is 14.4. The maximum atomic E-state index is 14.4. The van der Waals surface area contributed by atoms with E-state index >= 15 is 0 Å². The summed E-state index contributed by atoms with van der Waals surface area (Å²) in [5.41, 5.74) is 1.96. The van der Waals surface area contributed by atoms with Gasteiger partial charge in [-0.2, -0.15) is 0 Å². The van der Waals surface area contributed by atoms with Gasteiger partial charge in [0, 0.05) is 63.3 Å². The Hall–Kier alpha value is -3.73. The van der Waals surface area contributed by atoms with Gasteiger partial charge in [-0.3, -0.25) is 24.5 Å². The molecule has 4 fully saturated rings. The summed E-state index contributed by atoms with van der Waals surface area (Å²) in [6.45, 7) is 5.71. The van der Waals surface area contributed by atoms with Crippen LogP contribution >= 0.6 is 0 Å². The number of carbonyl (C=O) groups excluding carboxylic acids is 2. The number of ether oxygens (including phenoxy) is 2. The molecule has 41 heavy (non-hydrogen) atoms. The number of benzene rings is 2. The van der Waals surface area contributed by atoms with Crippen LogP contribution in [0, 0.1) is 5.92 Å². The van der Waals surface area contributed by atoms with Gasteiger partial charge < -0.3 is 19.5 Å². The maximum Gasteiger partial charge on any atom is 0.328 e. The lowest BCUT2D eigenvalue weighted by molar-refractivity contribution is -0.133. The van der Waals surface area contributed by atoms with Crippen LogP contribution in [0.3, 0.4) is 0 Å². The molecule has 5 heterocycles. The van der Waals surface area contributed by atoms with Crippen molar-refractivity contribution < 1.29 is 24.2 Å². The molecule has 0 bridgehead atoms. The van der Waals surface area contributed by atoms with Crippen molar-refractivity contribution in [3.05, 3.63) is 65.9 Å². The third-order valence-electron chi connectivity index (χ3n) is 9.36.